The molecule has 1 aromatic heterocycles. The third kappa shape index (κ3) is 3.57. The zero-order chi connectivity index (χ0) is 16.1. The molecule has 0 aliphatic carbocycles. The molecule has 0 unspecified atom stereocenters. The summed E-state index contributed by atoms with van der Waals surface area (Å²) >= 11 is 0. The molecule has 3 aromatic rings. The lowest BCUT2D eigenvalue weighted by Gasteiger charge is -2.16. The summed E-state index contributed by atoms with van der Waals surface area (Å²) in [6.45, 7) is 0.296. The van der Waals surface area contributed by atoms with Crippen LogP contribution in [0.1, 0.15) is 17.2 Å². The van der Waals surface area contributed by atoms with Gasteiger partial charge in [0.25, 0.3) is 0 Å². The lowest BCUT2D eigenvalue weighted by atomic mass is 10.1. The van der Waals surface area contributed by atoms with Gasteiger partial charge in [0.1, 0.15) is 12.1 Å². The number of amides is 1. The normalized spacial score (nSPS) is 11.9. The Morgan fingerprint density at radius 1 is 1.13 bits per heavy atom. The van der Waals surface area contributed by atoms with E-state index in [2.05, 4.69) is 20.8 Å². The molecule has 0 radical (unpaired) electrons. The van der Waals surface area contributed by atoms with Gasteiger partial charge in [0.15, 0.2) is 6.04 Å². The zero-order valence-corrected chi connectivity index (χ0v) is 12.1. The fraction of sp³-hybridized carbons (Fsp3) is 0.125. The molecule has 1 atom stereocenters. The van der Waals surface area contributed by atoms with Crippen molar-refractivity contribution in [2.45, 2.75) is 12.6 Å². The summed E-state index contributed by atoms with van der Waals surface area (Å²) in [6.07, 6.45) is 1.40. The summed E-state index contributed by atoms with van der Waals surface area (Å²) in [5, 5.41) is 13.8. The molecule has 0 bridgehead atoms. The van der Waals surface area contributed by atoms with Gasteiger partial charge in [0.05, 0.1) is 0 Å². The van der Waals surface area contributed by atoms with E-state index in [9.17, 15) is 9.18 Å². The number of carbonyl (C=O) groups is 1. The number of aromatic nitrogens is 4. The average molecular weight is 311 g/mol. The monoisotopic (exact) mass is 311 g/mol. The largest absolute Gasteiger partial charge is 0.350 e. The second-order valence-electron chi connectivity index (χ2n) is 4.95. The molecule has 0 saturated heterocycles. The molecule has 0 aliphatic rings. The number of rotatable bonds is 5. The SMILES string of the molecule is O=C(NCc1ccc(F)cc1)[C@@H](c1ccccc1)n1cnnn1. The number of hydrogen-bond acceptors (Lipinski definition) is 4. The third-order valence-electron chi connectivity index (χ3n) is 3.37. The van der Waals surface area contributed by atoms with Crippen LogP contribution in [-0.4, -0.2) is 26.1 Å². The predicted molar refractivity (Wildman–Crippen MR) is 80.6 cm³/mol. The Morgan fingerprint density at radius 3 is 2.52 bits per heavy atom. The van der Waals surface area contributed by atoms with Gasteiger partial charge in [-0.1, -0.05) is 42.5 Å². The van der Waals surface area contributed by atoms with Gasteiger partial charge in [0, 0.05) is 6.54 Å². The van der Waals surface area contributed by atoms with Crippen molar-refractivity contribution < 1.29 is 9.18 Å². The number of nitrogens with zero attached hydrogens (tertiary/aromatic N) is 4. The Bertz CT molecular complexity index is 759. The smallest absolute Gasteiger partial charge is 0.249 e. The molecule has 1 heterocycles. The summed E-state index contributed by atoms with van der Waals surface area (Å²) in [5.41, 5.74) is 1.58. The summed E-state index contributed by atoms with van der Waals surface area (Å²) in [5.74, 6) is -0.552. The molecule has 3 rings (SSSR count). The number of tetrazole rings is 1. The van der Waals surface area contributed by atoms with Crippen LogP contribution < -0.4 is 5.32 Å². The summed E-state index contributed by atoms with van der Waals surface area (Å²) in [7, 11) is 0. The maximum absolute atomic E-state index is 12.9. The molecule has 23 heavy (non-hydrogen) atoms. The van der Waals surface area contributed by atoms with Gasteiger partial charge in [-0.05, 0) is 33.7 Å². The lowest BCUT2D eigenvalue weighted by molar-refractivity contribution is -0.123. The number of halogens is 1. The van der Waals surface area contributed by atoms with Crippen molar-refractivity contribution in [3.8, 4) is 0 Å². The summed E-state index contributed by atoms with van der Waals surface area (Å²) < 4.78 is 14.3. The van der Waals surface area contributed by atoms with Gasteiger partial charge in [-0.15, -0.1) is 5.10 Å². The average Bonchev–Trinajstić information content (AvgIpc) is 3.10. The fourth-order valence-electron chi connectivity index (χ4n) is 2.23. The van der Waals surface area contributed by atoms with Crippen LogP contribution in [0.4, 0.5) is 4.39 Å². The third-order valence-corrected chi connectivity index (χ3v) is 3.37. The van der Waals surface area contributed by atoms with E-state index in [1.807, 2.05) is 30.3 Å². The van der Waals surface area contributed by atoms with Crippen LogP contribution in [0.5, 0.6) is 0 Å². The highest BCUT2D eigenvalue weighted by atomic mass is 19.1. The quantitative estimate of drug-likeness (QED) is 0.778. The van der Waals surface area contributed by atoms with E-state index in [-0.39, 0.29) is 11.7 Å². The maximum atomic E-state index is 12.9. The zero-order valence-electron chi connectivity index (χ0n) is 12.1. The minimum atomic E-state index is -0.661. The second kappa shape index (κ2) is 6.78. The van der Waals surface area contributed by atoms with Crippen molar-refractivity contribution in [1.82, 2.24) is 25.5 Å². The Hall–Kier alpha value is -3.09. The number of carbonyl (C=O) groups excluding carboxylic acids is 1. The van der Waals surface area contributed by atoms with Crippen LogP contribution in [0.2, 0.25) is 0 Å². The van der Waals surface area contributed by atoms with Crippen molar-refractivity contribution in [3.63, 3.8) is 0 Å². The van der Waals surface area contributed by atoms with E-state index in [4.69, 9.17) is 0 Å². The first-order chi connectivity index (χ1) is 11.2. The molecule has 116 valence electrons. The predicted octanol–water partition coefficient (Wildman–Crippen LogP) is 1.72. The van der Waals surface area contributed by atoms with Crippen molar-refractivity contribution in [3.05, 3.63) is 77.9 Å². The van der Waals surface area contributed by atoms with Crippen molar-refractivity contribution >= 4 is 5.91 Å². The van der Waals surface area contributed by atoms with Gasteiger partial charge >= 0.3 is 0 Å². The van der Waals surface area contributed by atoms with Crippen LogP contribution >= 0.6 is 0 Å². The Labute approximate surface area is 132 Å². The second-order valence-corrected chi connectivity index (χ2v) is 4.95. The molecule has 0 fully saturated rings. The minimum absolute atomic E-state index is 0.243. The van der Waals surface area contributed by atoms with E-state index >= 15 is 0 Å². The van der Waals surface area contributed by atoms with E-state index in [0.717, 1.165) is 11.1 Å². The molecule has 2 aromatic carbocycles. The first-order valence-corrected chi connectivity index (χ1v) is 7.03. The molecular formula is C16H14FN5O. The van der Waals surface area contributed by atoms with Gasteiger partial charge in [-0.25, -0.2) is 9.07 Å². The molecule has 0 aliphatic heterocycles. The molecule has 0 spiro atoms. The van der Waals surface area contributed by atoms with E-state index in [1.54, 1.807) is 12.1 Å². The summed E-state index contributed by atoms with van der Waals surface area (Å²) in [6, 6.07) is 14.6. The topological polar surface area (TPSA) is 72.7 Å². The number of benzene rings is 2. The standard InChI is InChI=1S/C16H14FN5O/c17-14-8-6-12(7-9-14)10-18-16(23)15(22-11-19-20-21-22)13-4-2-1-3-5-13/h1-9,11,15H,10H2,(H,18,23)/t15-/m1/s1. The highest BCUT2D eigenvalue weighted by Gasteiger charge is 2.23. The van der Waals surface area contributed by atoms with Crippen molar-refractivity contribution in [1.29, 1.82) is 0 Å². The first kappa shape index (κ1) is 14.8. The Balaban J connectivity index is 1.77. The Morgan fingerprint density at radius 2 is 1.87 bits per heavy atom. The van der Waals surface area contributed by atoms with Gasteiger partial charge in [-0.2, -0.15) is 0 Å². The van der Waals surface area contributed by atoms with Crippen LogP contribution in [0.15, 0.2) is 60.9 Å². The van der Waals surface area contributed by atoms with Crippen molar-refractivity contribution in [2.75, 3.05) is 0 Å². The first-order valence-electron chi connectivity index (χ1n) is 7.03. The molecule has 1 N–H and O–H groups in total. The molecular weight excluding hydrogens is 297 g/mol. The Kier molecular flexibility index (Phi) is 4.37. The molecule has 0 saturated carbocycles. The lowest BCUT2D eigenvalue weighted by Crippen LogP contribution is -2.33. The molecule has 6 nitrogen and oxygen atoms in total. The van der Waals surface area contributed by atoms with Gasteiger partial charge in [-0.3, -0.25) is 4.79 Å². The highest BCUT2D eigenvalue weighted by Crippen LogP contribution is 2.17. The van der Waals surface area contributed by atoms with Crippen LogP contribution in [-0.2, 0) is 11.3 Å². The minimum Gasteiger partial charge on any atom is -0.350 e. The van der Waals surface area contributed by atoms with Gasteiger partial charge < -0.3 is 5.32 Å². The number of nitrogens with one attached hydrogen (secondary N) is 1. The highest BCUT2D eigenvalue weighted by molar-refractivity contribution is 5.83. The molecule has 1 amide bonds. The van der Waals surface area contributed by atoms with E-state index in [1.165, 1.54) is 23.1 Å². The van der Waals surface area contributed by atoms with Gasteiger partial charge in [0.2, 0.25) is 5.91 Å². The maximum Gasteiger partial charge on any atom is 0.249 e. The van der Waals surface area contributed by atoms with E-state index in [0.29, 0.717) is 6.54 Å². The summed E-state index contributed by atoms with van der Waals surface area (Å²) in [4.78, 5) is 12.6. The fourth-order valence-corrected chi connectivity index (χ4v) is 2.23. The van der Waals surface area contributed by atoms with Crippen LogP contribution in [0.25, 0.3) is 0 Å². The molecule has 7 heteroatoms. The van der Waals surface area contributed by atoms with Crippen LogP contribution in [0.3, 0.4) is 0 Å². The van der Waals surface area contributed by atoms with Crippen LogP contribution in [0, 0.1) is 5.82 Å². The van der Waals surface area contributed by atoms with E-state index < -0.39 is 6.04 Å². The van der Waals surface area contributed by atoms with Crippen molar-refractivity contribution in [2.24, 2.45) is 0 Å². The number of hydrogen-bond donors (Lipinski definition) is 1.